The normalized spacial score (nSPS) is 12.5. The highest BCUT2D eigenvalue weighted by Gasteiger charge is 2.47. The van der Waals surface area contributed by atoms with Crippen molar-refractivity contribution in [2.24, 2.45) is 0 Å². The fourth-order valence-corrected chi connectivity index (χ4v) is 18.7. The quantitative estimate of drug-likeness (QED) is 0.120. The molecule has 0 saturated heterocycles. The Bertz CT molecular complexity index is 5910. The van der Waals surface area contributed by atoms with E-state index in [2.05, 4.69) is 400 Å². The number of rotatable bonds is 10. The van der Waals surface area contributed by atoms with E-state index in [1.165, 1.54) is 186 Å². The van der Waals surface area contributed by atoms with Crippen LogP contribution in [0.4, 0.5) is 0 Å². The lowest BCUT2D eigenvalue weighted by Gasteiger charge is -2.36. The van der Waals surface area contributed by atoms with Crippen LogP contribution in [0.5, 0.6) is 0 Å². The molecule has 21 rings (SSSR count). The zero-order chi connectivity index (χ0) is 69.1. The van der Waals surface area contributed by atoms with E-state index in [0.29, 0.717) is 0 Å². The summed E-state index contributed by atoms with van der Waals surface area (Å²) in [7, 11) is 0. The molecule has 0 amide bonds. The number of hydrogen-bond acceptors (Lipinski definition) is 0. The van der Waals surface area contributed by atoms with Gasteiger partial charge in [-0.1, -0.05) is 364 Å². The van der Waals surface area contributed by atoms with Crippen LogP contribution >= 0.6 is 0 Å². The molecule has 1 aliphatic carbocycles. The molecule has 0 N–H and O–H groups in total. The van der Waals surface area contributed by atoms with Gasteiger partial charge in [0.2, 0.25) is 0 Å². The molecule has 20 aromatic carbocycles. The van der Waals surface area contributed by atoms with Gasteiger partial charge in [-0.05, 0) is 245 Å². The van der Waals surface area contributed by atoms with Crippen LogP contribution in [-0.2, 0) is 5.41 Å². The molecule has 105 heavy (non-hydrogen) atoms. The average molecular weight is 1330 g/mol. The lowest BCUT2D eigenvalue weighted by atomic mass is 9.65. The molecule has 1 aliphatic rings. The van der Waals surface area contributed by atoms with Crippen molar-refractivity contribution in [3.05, 3.63) is 423 Å². The molecule has 0 saturated carbocycles. The van der Waals surface area contributed by atoms with E-state index < -0.39 is 5.41 Å². The van der Waals surface area contributed by atoms with Crippen molar-refractivity contribution in [2.45, 2.75) is 5.41 Å². The Balaban J connectivity index is 0.964. The Labute approximate surface area is 610 Å². The largest absolute Gasteiger partial charge is 0.0714 e. The van der Waals surface area contributed by atoms with E-state index in [4.69, 9.17) is 0 Å². The molecule has 0 spiro atoms. The summed E-state index contributed by atoms with van der Waals surface area (Å²) in [5, 5.41) is 19.3. The maximum atomic E-state index is 2.62. The van der Waals surface area contributed by atoms with Gasteiger partial charge in [-0.3, -0.25) is 0 Å². The molecule has 0 atom stereocenters. The van der Waals surface area contributed by atoms with Crippen LogP contribution in [0.3, 0.4) is 0 Å². The highest BCUT2D eigenvalue weighted by molar-refractivity contribution is 6.27. The van der Waals surface area contributed by atoms with Gasteiger partial charge < -0.3 is 0 Å². The minimum absolute atomic E-state index is 0.959. The third kappa shape index (κ3) is 9.27. The van der Waals surface area contributed by atoms with Crippen molar-refractivity contribution in [2.75, 3.05) is 0 Å². The van der Waals surface area contributed by atoms with E-state index in [9.17, 15) is 0 Å². The highest BCUT2D eigenvalue weighted by Crippen LogP contribution is 2.60. The first-order valence-electron chi connectivity index (χ1n) is 36.6. The van der Waals surface area contributed by atoms with Gasteiger partial charge in [0.15, 0.2) is 0 Å². The highest BCUT2D eigenvalue weighted by atomic mass is 14.5. The van der Waals surface area contributed by atoms with Crippen LogP contribution in [0.15, 0.2) is 400 Å². The molecule has 486 valence electrons. The molecule has 0 unspecified atom stereocenters. The molecule has 0 aromatic heterocycles. The summed E-state index contributed by atoms with van der Waals surface area (Å²) < 4.78 is 0. The van der Waals surface area contributed by atoms with E-state index in [0.717, 1.165) is 22.3 Å². The average Bonchev–Trinajstić information content (AvgIpc) is 1.59. The maximum Gasteiger partial charge on any atom is 0.0714 e. The predicted molar refractivity (Wildman–Crippen MR) is 447 cm³/mol. The number of fused-ring (bicyclic) bond motifs is 11. The van der Waals surface area contributed by atoms with Gasteiger partial charge in [0.25, 0.3) is 0 Å². The maximum absolute atomic E-state index is 2.62. The van der Waals surface area contributed by atoms with Crippen molar-refractivity contribution in [3.63, 3.8) is 0 Å². The van der Waals surface area contributed by atoms with Crippen LogP contribution in [-0.4, -0.2) is 0 Å². The van der Waals surface area contributed by atoms with Gasteiger partial charge >= 0.3 is 0 Å². The molecular formula is C105H66. The van der Waals surface area contributed by atoms with Crippen LogP contribution in [0, 0.1) is 0 Å². The van der Waals surface area contributed by atoms with Gasteiger partial charge in [0, 0.05) is 0 Å². The van der Waals surface area contributed by atoms with E-state index in [1.54, 1.807) is 0 Å². The third-order valence-electron chi connectivity index (χ3n) is 22.8. The van der Waals surface area contributed by atoms with Gasteiger partial charge in [-0.25, -0.2) is 0 Å². The Morgan fingerprint density at radius 2 is 0.276 bits per heavy atom. The predicted octanol–water partition coefficient (Wildman–Crippen LogP) is 28.6. The van der Waals surface area contributed by atoms with Crippen molar-refractivity contribution in [1.82, 2.24) is 0 Å². The lowest BCUT2D eigenvalue weighted by molar-refractivity contribution is 0.770. The second kappa shape index (κ2) is 24.4. The molecule has 20 aromatic rings. The van der Waals surface area contributed by atoms with Crippen LogP contribution in [0.1, 0.15) is 22.3 Å². The van der Waals surface area contributed by atoms with Crippen molar-refractivity contribution < 1.29 is 0 Å². The third-order valence-corrected chi connectivity index (χ3v) is 22.8. The Hall–Kier alpha value is -13.5. The first kappa shape index (κ1) is 60.3. The second-order valence-corrected chi connectivity index (χ2v) is 28.3. The number of benzene rings is 20. The summed E-state index contributed by atoms with van der Waals surface area (Å²) in [5.74, 6) is 0. The fraction of sp³-hybridized carbons (Fsp3) is 0.00952. The monoisotopic (exact) mass is 1330 g/mol. The first-order valence-corrected chi connectivity index (χ1v) is 36.6. The van der Waals surface area contributed by atoms with Gasteiger partial charge in [-0.2, -0.15) is 0 Å². The van der Waals surface area contributed by atoms with E-state index in [1.807, 2.05) is 0 Å². The molecular weight excluding hydrogens is 1260 g/mol. The summed E-state index contributed by atoms with van der Waals surface area (Å²) in [5.41, 5.74) is 25.5. The van der Waals surface area contributed by atoms with Crippen molar-refractivity contribution in [1.29, 1.82) is 0 Å². The minimum Gasteiger partial charge on any atom is -0.0622 e. The Morgan fingerprint density at radius 3 is 0.467 bits per heavy atom. The van der Waals surface area contributed by atoms with E-state index in [-0.39, 0.29) is 0 Å². The molecule has 0 bridgehead atoms. The standard InChI is InChI=1S/C105H66/c1-5-33-67(34-6-1)97-79-43-13-21-51-87(79)101(88-52-22-14-44-80(88)97)71-61-72(102-89-53-23-15-45-81(89)98(68-35-7-2-8-36-68)82-46-16-24-54-90(82)102)64-75(63-71)105(95-59-31-29-41-77(95)78-42-30-32-60-96(78)105)76-65-73(103-91-55-25-17-47-83(91)99(69-37-9-3-10-38-69)84-48-18-26-56-92(84)103)62-74(66-76)104-93-57-27-19-49-85(93)100(70-39-11-4-12-40-70)86-50-20-28-58-94(86)104/h1-66H. The lowest BCUT2D eigenvalue weighted by Crippen LogP contribution is -2.29. The van der Waals surface area contributed by atoms with Crippen molar-refractivity contribution in [3.8, 4) is 100 Å². The summed E-state index contributed by atoms with van der Waals surface area (Å²) in [6.07, 6.45) is 0. The zero-order valence-corrected chi connectivity index (χ0v) is 57.6. The van der Waals surface area contributed by atoms with Gasteiger partial charge in [-0.15, -0.1) is 0 Å². The van der Waals surface area contributed by atoms with Gasteiger partial charge in [0.1, 0.15) is 0 Å². The molecule has 0 heteroatoms. The summed E-state index contributed by atoms with van der Waals surface area (Å²) in [4.78, 5) is 0. The number of hydrogen-bond donors (Lipinski definition) is 0. The van der Waals surface area contributed by atoms with E-state index >= 15 is 0 Å². The smallest absolute Gasteiger partial charge is 0.0622 e. The van der Waals surface area contributed by atoms with Gasteiger partial charge in [0.05, 0.1) is 5.41 Å². The summed E-state index contributed by atoms with van der Waals surface area (Å²) in [6, 6.07) is 152. The summed E-state index contributed by atoms with van der Waals surface area (Å²) in [6.45, 7) is 0. The van der Waals surface area contributed by atoms with Crippen LogP contribution in [0.2, 0.25) is 0 Å². The minimum atomic E-state index is -0.959. The molecule has 0 radical (unpaired) electrons. The van der Waals surface area contributed by atoms with Crippen LogP contribution < -0.4 is 0 Å². The zero-order valence-electron chi connectivity index (χ0n) is 57.6. The second-order valence-electron chi connectivity index (χ2n) is 28.3. The molecule has 0 heterocycles. The Morgan fingerprint density at radius 1 is 0.124 bits per heavy atom. The van der Waals surface area contributed by atoms with Crippen molar-refractivity contribution >= 4 is 86.2 Å². The first-order chi connectivity index (χ1) is 52.2. The molecule has 0 fully saturated rings. The SMILES string of the molecule is c1ccc(-c2c3ccccc3c(-c3cc(-c4c5ccccc5c(-c5ccccc5)c5ccccc45)cc(C4(c5cc(-c6c7ccccc7c(-c7ccccc7)c7ccccc67)cc(-c6c7ccccc7c(-c7ccccc7)c7ccccc67)c5)c5ccccc5-c5ccccc54)c3)c3ccccc23)cc1. The summed E-state index contributed by atoms with van der Waals surface area (Å²) >= 11 is 0. The topological polar surface area (TPSA) is 0 Å². The molecule has 0 aliphatic heterocycles. The fourth-order valence-electron chi connectivity index (χ4n) is 18.7. The molecule has 0 nitrogen and oxygen atoms in total. The Kier molecular flexibility index (Phi) is 14.0. The van der Waals surface area contributed by atoms with Crippen LogP contribution in [0.25, 0.3) is 186 Å².